The minimum absolute atomic E-state index is 0.120. The number of fused-ring (bicyclic) bond motifs is 1. The maximum atomic E-state index is 14.1. The lowest BCUT2D eigenvalue weighted by atomic mass is 9.65. The fraction of sp³-hybridized carbons (Fsp3) is 0.731. The van der Waals surface area contributed by atoms with Crippen molar-refractivity contribution in [1.82, 2.24) is 9.80 Å². The number of carbonyl (C=O) groups excluding carboxylic acids is 3. The minimum atomic E-state index is -1.12. The predicted molar refractivity (Wildman–Crippen MR) is 128 cm³/mol. The van der Waals surface area contributed by atoms with Crippen LogP contribution in [-0.2, 0) is 23.9 Å². The SMILES string of the molecule is C=CCCOC(=O)[C@@H]1[C@H]2C(=O)N([C@@H](CC)CO)C(C(=O)N(CC=C)C(C)C)C23CC[C@@]1(CC)O3. The molecular weight excluding hydrogens is 436 g/mol. The third kappa shape index (κ3) is 3.88. The number of nitrogens with zero attached hydrogens (tertiary/aromatic N) is 2. The third-order valence-corrected chi connectivity index (χ3v) is 7.98. The second-order valence-corrected chi connectivity index (χ2v) is 9.94. The number of carbonyl (C=O) groups is 3. The normalized spacial score (nSPS) is 32.6. The van der Waals surface area contributed by atoms with Gasteiger partial charge in [0.2, 0.25) is 11.8 Å². The van der Waals surface area contributed by atoms with Gasteiger partial charge < -0.3 is 24.4 Å². The first-order valence-corrected chi connectivity index (χ1v) is 12.5. The van der Waals surface area contributed by atoms with Gasteiger partial charge in [-0.3, -0.25) is 14.4 Å². The first-order chi connectivity index (χ1) is 16.2. The summed E-state index contributed by atoms with van der Waals surface area (Å²) in [7, 11) is 0. The van der Waals surface area contributed by atoms with Gasteiger partial charge >= 0.3 is 5.97 Å². The van der Waals surface area contributed by atoms with E-state index in [9.17, 15) is 19.5 Å². The van der Waals surface area contributed by atoms with E-state index in [2.05, 4.69) is 13.2 Å². The van der Waals surface area contributed by atoms with Gasteiger partial charge in [-0.1, -0.05) is 26.0 Å². The maximum Gasteiger partial charge on any atom is 0.312 e. The molecule has 0 aliphatic carbocycles. The molecule has 8 nitrogen and oxygen atoms in total. The molecule has 3 fully saturated rings. The number of esters is 1. The Balaban J connectivity index is 2.11. The van der Waals surface area contributed by atoms with E-state index in [-0.39, 0.29) is 31.1 Å². The molecule has 3 aliphatic heterocycles. The molecule has 34 heavy (non-hydrogen) atoms. The number of rotatable bonds is 12. The molecule has 6 atom stereocenters. The van der Waals surface area contributed by atoms with Gasteiger partial charge in [-0.25, -0.2) is 0 Å². The summed E-state index contributed by atoms with van der Waals surface area (Å²) in [5.41, 5.74) is -1.96. The summed E-state index contributed by atoms with van der Waals surface area (Å²) >= 11 is 0. The van der Waals surface area contributed by atoms with Crippen molar-refractivity contribution in [1.29, 1.82) is 0 Å². The molecule has 1 N–H and O–H groups in total. The highest BCUT2D eigenvalue weighted by molar-refractivity contribution is 5.98. The zero-order valence-electron chi connectivity index (χ0n) is 21.0. The zero-order chi connectivity index (χ0) is 25.3. The van der Waals surface area contributed by atoms with Crippen molar-refractivity contribution in [2.24, 2.45) is 11.8 Å². The Bertz CT molecular complexity index is 824. The maximum absolute atomic E-state index is 14.1. The highest BCUT2D eigenvalue weighted by atomic mass is 16.6. The lowest BCUT2D eigenvalue weighted by Gasteiger charge is -2.40. The first-order valence-electron chi connectivity index (χ1n) is 12.5. The molecule has 2 amide bonds. The summed E-state index contributed by atoms with van der Waals surface area (Å²) in [4.78, 5) is 44.6. The molecule has 0 aromatic rings. The number of ether oxygens (including phenoxy) is 2. The second-order valence-electron chi connectivity index (χ2n) is 9.94. The highest BCUT2D eigenvalue weighted by Crippen LogP contribution is 2.65. The van der Waals surface area contributed by atoms with Crippen LogP contribution in [0.4, 0.5) is 0 Å². The number of amides is 2. The standard InChI is InChI=1S/C26H40N2O6/c1-7-11-15-33-24(32)20-19-22(30)28(18(9-3)16-29)21(23(31)27(14-8-2)17(5)6)26(19)13-12-25(20,10-4)34-26/h7-8,17-21,29H,1-2,9-16H2,3-6H3/t18-,19-,20-,21?,25+,26?/m0/s1. The first kappa shape index (κ1) is 26.4. The third-order valence-electron chi connectivity index (χ3n) is 7.98. The number of aliphatic hydroxyl groups excluding tert-OH is 1. The Morgan fingerprint density at radius 1 is 1.29 bits per heavy atom. The number of likely N-dealkylation sites (tertiary alicyclic amines) is 1. The topological polar surface area (TPSA) is 96.4 Å². The summed E-state index contributed by atoms with van der Waals surface area (Å²) in [6.07, 6.45) is 5.95. The Labute approximate surface area is 202 Å². The van der Waals surface area contributed by atoms with Gasteiger partial charge in [-0.15, -0.1) is 13.2 Å². The van der Waals surface area contributed by atoms with Gasteiger partial charge in [0, 0.05) is 12.6 Å². The average Bonchev–Trinajstić information content (AvgIpc) is 3.42. The van der Waals surface area contributed by atoms with Crippen LogP contribution in [0.5, 0.6) is 0 Å². The largest absolute Gasteiger partial charge is 0.465 e. The van der Waals surface area contributed by atoms with Crippen molar-refractivity contribution >= 4 is 17.8 Å². The molecule has 0 saturated carbocycles. The smallest absolute Gasteiger partial charge is 0.312 e. The van der Waals surface area contributed by atoms with E-state index < -0.39 is 41.1 Å². The predicted octanol–water partition coefficient (Wildman–Crippen LogP) is 2.45. The van der Waals surface area contributed by atoms with E-state index in [1.165, 1.54) is 4.90 Å². The van der Waals surface area contributed by atoms with Crippen LogP contribution in [0.1, 0.15) is 59.8 Å². The van der Waals surface area contributed by atoms with Crippen molar-refractivity contribution in [2.45, 2.75) is 89.1 Å². The highest BCUT2D eigenvalue weighted by Gasteiger charge is 2.79. The molecule has 0 aromatic heterocycles. The summed E-state index contributed by atoms with van der Waals surface area (Å²) in [5.74, 6) is -2.59. The van der Waals surface area contributed by atoms with Crippen LogP contribution in [0.2, 0.25) is 0 Å². The van der Waals surface area contributed by atoms with Gasteiger partial charge in [0.05, 0.1) is 30.8 Å². The Morgan fingerprint density at radius 3 is 2.53 bits per heavy atom. The van der Waals surface area contributed by atoms with E-state index in [1.54, 1.807) is 17.1 Å². The molecule has 3 heterocycles. The molecule has 0 aromatic carbocycles. The van der Waals surface area contributed by atoms with Crippen molar-refractivity contribution in [2.75, 3.05) is 19.8 Å². The quantitative estimate of drug-likeness (QED) is 0.264. The monoisotopic (exact) mass is 476 g/mol. The number of aliphatic hydroxyl groups is 1. The summed E-state index contributed by atoms with van der Waals surface area (Å²) in [6.45, 7) is 15.4. The van der Waals surface area contributed by atoms with Crippen LogP contribution in [0.3, 0.4) is 0 Å². The number of hydrogen-bond acceptors (Lipinski definition) is 6. The summed E-state index contributed by atoms with van der Waals surface area (Å²) in [6, 6.07) is -1.58. The van der Waals surface area contributed by atoms with Crippen molar-refractivity contribution in [3.05, 3.63) is 25.3 Å². The summed E-state index contributed by atoms with van der Waals surface area (Å²) < 4.78 is 12.3. The molecular formula is C26H40N2O6. The molecule has 2 unspecified atom stereocenters. The van der Waals surface area contributed by atoms with Crippen LogP contribution in [0.25, 0.3) is 0 Å². The van der Waals surface area contributed by atoms with Gasteiger partial charge in [0.25, 0.3) is 0 Å². The number of hydrogen-bond donors (Lipinski definition) is 1. The summed E-state index contributed by atoms with van der Waals surface area (Å²) in [5, 5.41) is 10.1. The lowest BCUT2D eigenvalue weighted by molar-refractivity contribution is -0.163. The van der Waals surface area contributed by atoms with Crippen molar-refractivity contribution in [3.8, 4) is 0 Å². The lowest BCUT2D eigenvalue weighted by Crippen LogP contribution is -2.59. The van der Waals surface area contributed by atoms with Crippen LogP contribution in [0, 0.1) is 11.8 Å². The van der Waals surface area contributed by atoms with Crippen molar-refractivity contribution in [3.63, 3.8) is 0 Å². The van der Waals surface area contributed by atoms with Crippen molar-refractivity contribution < 1.29 is 29.0 Å². The Kier molecular flexibility index (Phi) is 7.92. The fourth-order valence-corrected chi connectivity index (χ4v) is 6.29. The molecule has 3 rings (SSSR count). The van der Waals surface area contributed by atoms with E-state index in [0.29, 0.717) is 38.6 Å². The van der Waals surface area contributed by atoms with Crippen LogP contribution >= 0.6 is 0 Å². The van der Waals surface area contributed by atoms with Gasteiger partial charge in [-0.2, -0.15) is 0 Å². The van der Waals surface area contributed by atoms with Gasteiger partial charge in [0.15, 0.2) is 0 Å². The fourth-order valence-electron chi connectivity index (χ4n) is 6.29. The van der Waals surface area contributed by atoms with Gasteiger partial charge in [-0.05, 0) is 46.0 Å². The molecule has 2 bridgehead atoms. The average molecular weight is 477 g/mol. The van der Waals surface area contributed by atoms with Crippen LogP contribution in [-0.4, -0.2) is 81.8 Å². The molecule has 3 aliphatic rings. The van der Waals surface area contributed by atoms with E-state index in [1.807, 2.05) is 27.7 Å². The second kappa shape index (κ2) is 10.2. The van der Waals surface area contributed by atoms with E-state index in [0.717, 1.165) is 0 Å². The molecule has 3 saturated heterocycles. The Morgan fingerprint density at radius 2 is 2.00 bits per heavy atom. The molecule has 0 radical (unpaired) electrons. The Hall–Kier alpha value is -2.19. The minimum Gasteiger partial charge on any atom is -0.465 e. The van der Waals surface area contributed by atoms with E-state index in [4.69, 9.17) is 9.47 Å². The molecule has 8 heteroatoms. The van der Waals surface area contributed by atoms with Crippen LogP contribution in [0.15, 0.2) is 25.3 Å². The van der Waals surface area contributed by atoms with E-state index >= 15 is 0 Å². The van der Waals surface area contributed by atoms with Crippen LogP contribution < -0.4 is 0 Å². The van der Waals surface area contributed by atoms with Gasteiger partial charge in [0.1, 0.15) is 17.6 Å². The molecule has 190 valence electrons. The zero-order valence-corrected chi connectivity index (χ0v) is 21.0. The molecule has 1 spiro atoms.